The summed E-state index contributed by atoms with van der Waals surface area (Å²) in [6.07, 6.45) is 2.95. The second-order valence-electron chi connectivity index (χ2n) is 6.53. The quantitative estimate of drug-likeness (QED) is 0.813. The van der Waals surface area contributed by atoms with Crippen LogP contribution < -0.4 is 0 Å². The van der Waals surface area contributed by atoms with Crippen molar-refractivity contribution in [3.8, 4) is 5.75 Å². The van der Waals surface area contributed by atoms with Crippen molar-refractivity contribution in [2.75, 3.05) is 19.7 Å². The van der Waals surface area contributed by atoms with Crippen molar-refractivity contribution in [2.45, 2.75) is 39.2 Å². The van der Waals surface area contributed by atoms with Crippen LogP contribution in [0.1, 0.15) is 38.2 Å². The van der Waals surface area contributed by atoms with E-state index in [2.05, 4.69) is 4.90 Å². The number of aromatic hydroxyl groups is 1. The zero-order chi connectivity index (χ0) is 17.0. The zero-order valence-corrected chi connectivity index (χ0v) is 14.8. The molecule has 0 bridgehead atoms. The molecule has 1 heterocycles. The Morgan fingerprint density at radius 3 is 2.43 bits per heavy atom. The maximum absolute atomic E-state index is 11.2. The van der Waals surface area contributed by atoms with E-state index in [9.17, 15) is 15.0 Å². The summed E-state index contributed by atoms with van der Waals surface area (Å²) in [5, 5.41) is 20.5. The number of piperidine rings is 1. The lowest BCUT2D eigenvalue weighted by atomic mass is 9.75. The van der Waals surface area contributed by atoms with Gasteiger partial charge >= 0.3 is 0 Å². The minimum atomic E-state index is -0.151. The molecule has 2 N–H and O–H groups in total. The Morgan fingerprint density at radius 2 is 1.87 bits per heavy atom. The number of likely N-dealkylation sites (tertiary alicyclic amines) is 1. The summed E-state index contributed by atoms with van der Waals surface area (Å²) in [5.74, 6) is 0.316. The maximum atomic E-state index is 11.2. The fourth-order valence-corrected chi connectivity index (χ4v) is 3.40. The molecular weight excluding hydrogens is 337 g/mol. The third kappa shape index (κ3) is 4.83. The van der Waals surface area contributed by atoms with Crippen molar-refractivity contribution in [2.24, 2.45) is 5.41 Å². The van der Waals surface area contributed by atoms with Gasteiger partial charge in [-0.1, -0.05) is 23.2 Å². The highest BCUT2D eigenvalue weighted by Gasteiger charge is 2.34. The molecular formula is C17H23Cl2NO3. The van der Waals surface area contributed by atoms with Gasteiger partial charge in [0.2, 0.25) is 0 Å². The number of rotatable bonds is 6. The Hall–Kier alpha value is -0.810. The number of phenols is 1. The molecule has 1 aliphatic heterocycles. The highest BCUT2D eigenvalue weighted by molar-refractivity contribution is 6.42. The molecule has 1 saturated heterocycles. The lowest BCUT2D eigenvalue weighted by Gasteiger charge is -2.41. The van der Waals surface area contributed by atoms with E-state index in [4.69, 9.17) is 23.2 Å². The smallest absolute Gasteiger partial charge is 0.129 e. The number of phenolic OH excluding ortho intramolecular Hbond substituents is 1. The predicted octanol–water partition coefficient (Wildman–Crippen LogP) is 3.64. The molecule has 1 aromatic carbocycles. The molecule has 0 amide bonds. The number of benzene rings is 1. The summed E-state index contributed by atoms with van der Waals surface area (Å²) < 4.78 is 0. The van der Waals surface area contributed by atoms with Crippen LogP contribution in [0.25, 0.3) is 0 Å². The van der Waals surface area contributed by atoms with Crippen molar-refractivity contribution < 1.29 is 15.0 Å². The molecule has 23 heavy (non-hydrogen) atoms. The molecule has 128 valence electrons. The third-order valence-corrected chi connectivity index (χ3v) is 5.50. The number of ketones is 1. The molecule has 0 radical (unpaired) electrons. The predicted molar refractivity (Wildman–Crippen MR) is 92.1 cm³/mol. The minimum Gasteiger partial charge on any atom is -0.508 e. The van der Waals surface area contributed by atoms with Gasteiger partial charge in [0.1, 0.15) is 11.5 Å². The number of halogens is 2. The van der Waals surface area contributed by atoms with E-state index in [1.807, 2.05) is 0 Å². The number of aliphatic hydroxyl groups excluding tert-OH is 1. The molecule has 0 aromatic heterocycles. The van der Waals surface area contributed by atoms with E-state index in [1.165, 1.54) is 6.07 Å². The summed E-state index contributed by atoms with van der Waals surface area (Å²) in [4.78, 5) is 13.4. The lowest BCUT2D eigenvalue weighted by molar-refractivity contribution is -0.118. The van der Waals surface area contributed by atoms with Crippen LogP contribution in [0, 0.1) is 5.41 Å². The van der Waals surface area contributed by atoms with Gasteiger partial charge in [-0.15, -0.1) is 0 Å². The van der Waals surface area contributed by atoms with Gasteiger partial charge in [0.05, 0.1) is 10.0 Å². The molecule has 0 atom stereocenters. The largest absolute Gasteiger partial charge is 0.508 e. The van der Waals surface area contributed by atoms with E-state index in [1.54, 1.807) is 13.0 Å². The number of hydrogen-bond acceptors (Lipinski definition) is 4. The second-order valence-corrected chi connectivity index (χ2v) is 7.35. The lowest BCUT2D eigenvalue weighted by Crippen LogP contribution is -2.41. The Kier molecular flexibility index (Phi) is 6.32. The molecule has 0 saturated carbocycles. The van der Waals surface area contributed by atoms with Crippen LogP contribution >= 0.6 is 23.2 Å². The standard InChI is InChI=1S/C17H23Cl2NO3/c1-12(22)2-3-17(11-21)4-6-20(7-5-17)10-13-8-14(18)15(19)9-16(13)23/h8-9,21,23H,2-7,10-11H2,1H3. The van der Waals surface area contributed by atoms with Gasteiger partial charge in [0.25, 0.3) is 0 Å². The highest BCUT2D eigenvalue weighted by Crippen LogP contribution is 2.37. The summed E-state index contributed by atoms with van der Waals surface area (Å²) in [6, 6.07) is 3.16. The van der Waals surface area contributed by atoms with E-state index >= 15 is 0 Å². The monoisotopic (exact) mass is 359 g/mol. The van der Waals surface area contributed by atoms with E-state index in [0.717, 1.165) is 37.9 Å². The van der Waals surface area contributed by atoms with Gasteiger partial charge in [-0.05, 0) is 50.8 Å². The Bertz CT molecular complexity index is 569. The van der Waals surface area contributed by atoms with Gasteiger partial charge in [-0.3, -0.25) is 4.90 Å². The van der Waals surface area contributed by atoms with E-state index in [0.29, 0.717) is 23.0 Å². The fraction of sp³-hybridized carbons (Fsp3) is 0.588. The van der Waals surface area contributed by atoms with Gasteiger partial charge in [0, 0.05) is 31.2 Å². The van der Waals surface area contributed by atoms with E-state index < -0.39 is 0 Å². The number of hydrogen-bond donors (Lipinski definition) is 2. The first kappa shape index (κ1) is 18.5. The number of nitrogens with zero attached hydrogens (tertiary/aromatic N) is 1. The molecule has 6 heteroatoms. The molecule has 0 spiro atoms. The van der Waals surface area contributed by atoms with Gasteiger partial charge in [0.15, 0.2) is 0 Å². The van der Waals surface area contributed by atoms with Crippen molar-refractivity contribution in [1.82, 2.24) is 4.90 Å². The zero-order valence-electron chi connectivity index (χ0n) is 13.3. The van der Waals surface area contributed by atoms with Crippen molar-refractivity contribution in [3.05, 3.63) is 27.7 Å². The fourth-order valence-electron chi connectivity index (χ4n) is 3.06. The highest BCUT2D eigenvalue weighted by atomic mass is 35.5. The molecule has 0 aliphatic carbocycles. The normalized spacial score (nSPS) is 18.1. The summed E-state index contributed by atoms with van der Waals surface area (Å²) in [6.45, 7) is 3.94. The average molecular weight is 360 g/mol. The topological polar surface area (TPSA) is 60.8 Å². The second kappa shape index (κ2) is 7.84. The first-order chi connectivity index (χ1) is 10.8. The van der Waals surface area contributed by atoms with Crippen LogP contribution in [-0.4, -0.2) is 40.6 Å². The molecule has 2 rings (SSSR count). The molecule has 1 aromatic rings. The maximum Gasteiger partial charge on any atom is 0.129 e. The first-order valence-electron chi connectivity index (χ1n) is 7.85. The van der Waals surface area contributed by atoms with Crippen LogP contribution in [-0.2, 0) is 11.3 Å². The number of carbonyl (C=O) groups is 1. The Morgan fingerprint density at radius 1 is 1.26 bits per heavy atom. The average Bonchev–Trinajstić information content (AvgIpc) is 2.52. The summed E-state index contributed by atoms with van der Waals surface area (Å²) >= 11 is 11.9. The van der Waals surface area contributed by atoms with Crippen LogP contribution in [0.4, 0.5) is 0 Å². The Balaban J connectivity index is 1.96. The number of aliphatic hydroxyl groups is 1. The SMILES string of the molecule is CC(=O)CCC1(CO)CCN(Cc2cc(Cl)c(Cl)cc2O)CC1. The van der Waals surface area contributed by atoms with Gasteiger partial charge < -0.3 is 15.0 Å². The third-order valence-electron chi connectivity index (χ3n) is 4.78. The molecule has 1 fully saturated rings. The Labute approximate surface area is 147 Å². The first-order valence-corrected chi connectivity index (χ1v) is 8.60. The van der Waals surface area contributed by atoms with Crippen LogP contribution in [0.2, 0.25) is 10.0 Å². The van der Waals surface area contributed by atoms with Crippen molar-refractivity contribution in [3.63, 3.8) is 0 Å². The molecule has 4 nitrogen and oxygen atoms in total. The van der Waals surface area contributed by atoms with Crippen LogP contribution in [0.5, 0.6) is 5.75 Å². The number of Topliss-reactive ketones (excluding diaryl/α,β-unsaturated/α-hetero) is 1. The van der Waals surface area contributed by atoms with E-state index in [-0.39, 0.29) is 23.6 Å². The van der Waals surface area contributed by atoms with Crippen LogP contribution in [0.15, 0.2) is 12.1 Å². The molecule has 0 unspecified atom stereocenters. The molecule has 1 aliphatic rings. The van der Waals surface area contributed by atoms with Crippen LogP contribution in [0.3, 0.4) is 0 Å². The van der Waals surface area contributed by atoms with Gasteiger partial charge in [-0.2, -0.15) is 0 Å². The van der Waals surface area contributed by atoms with Gasteiger partial charge in [-0.25, -0.2) is 0 Å². The van der Waals surface area contributed by atoms with Crippen molar-refractivity contribution in [1.29, 1.82) is 0 Å². The number of carbonyl (C=O) groups excluding carboxylic acids is 1. The summed E-state index contributed by atoms with van der Waals surface area (Å²) in [7, 11) is 0. The van der Waals surface area contributed by atoms with Crippen molar-refractivity contribution >= 4 is 29.0 Å². The summed E-state index contributed by atoms with van der Waals surface area (Å²) in [5.41, 5.74) is 0.599. The minimum absolute atomic E-state index is 0.117.